The van der Waals surface area contributed by atoms with E-state index in [2.05, 4.69) is 32.4 Å². The number of rotatable bonds is 4. The first-order valence-corrected chi connectivity index (χ1v) is 10.3. The van der Waals surface area contributed by atoms with Crippen LogP contribution in [-0.4, -0.2) is 46.8 Å². The second kappa shape index (κ2) is 7.72. The predicted molar refractivity (Wildman–Crippen MR) is 107 cm³/mol. The molecule has 7 heteroatoms. The molecule has 3 N–H and O–H groups in total. The molecule has 2 aliphatic rings. The third-order valence-electron chi connectivity index (χ3n) is 5.14. The van der Waals surface area contributed by atoms with Crippen molar-refractivity contribution in [2.75, 3.05) is 23.7 Å². The molecule has 138 valence electrons. The van der Waals surface area contributed by atoms with E-state index < -0.39 is 0 Å². The molecule has 0 aromatic carbocycles. The van der Waals surface area contributed by atoms with E-state index >= 15 is 0 Å². The fraction of sp³-hybridized carbons (Fsp3) is 0.474. The summed E-state index contributed by atoms with van der Waals surface area (Å²) in [6.07, 6.45) is 9.27. The minimum Gasteiger partial charge on any atom is -0.348 e. The molecule has 1 saturated heterocycles. The molecule has 0 aliphatic carbocycles. The molecule has 1 unspecified atom stereocenters. The van der Waals surface area contributed by atoms with E-state index in [1.165, 1.54) is 12.8 Å². The Balaban J connectivity index is 1.49. The Morgan fingerprint density at radius 3 is 3.19 bits per heavy atom. The Hall–Kier alpha value is -1.99. The summed E-state index contributed by atoms with van der Waals surface area (Å²) in [5.41, 5.74) is 1.96. The fourth-order valence-electron chi connectivity index (χ4n) is 3.69. The molecular weight excluding hydrogens is 346 g/mol. The van der Waals surface area contributed by atoms with E-state index in [1.807, 2.05) is 24.5 Å². The number of thioether (sulfide) groups is 1. The van der Waals surface area contributed by atoms with Crippen molar-refractivity contribution in [3.63, 3.8) is 0 Å². The number of pyridine rings is 1. The number of fused-ring (bicyclic) bond motifs is 1. The van der Waals surface area contributed by atoms with Crippen molar-refractivity contribution in [1.29, 1.82) is 0 Å². The summed E-state index contributed by atoms with van der Waals surface area (Å²) in [6, 6.07) is 4.55. The van der Waals surface area contributed by atoms with E-state index in [1.54, 1.807) is 18.0 Å². The predicted octanol–water partition coefficient (Wildman–Crippen LogP) is 2.60. The molecular formula is C19H25N5OS. The van der Waals surface area contributed by atoms with Gasteiger partial charge in [-0.1, -0.05) is 6.42 Å². The van der Waals surface area contributed by atoms with Crippen molar-refractivity contribution in [1.82, 2.24) is 20.6 Å². The fourth-order valence-corrected chi connectivity index (χ4v) is 4.59. The summed E-state index contributed by atoms with van der Waals surface area (Å²) in [7, 11) is 0. The highest BCUT2D eigenvalue weighted by atomic mass is 32.2. The van der Waals surface area contributed by atoms with Gasteiger partial charge < -0.3 is 20.5 Å². The van der Waals surface area contributed by atoms with Crippen LogP contribution in [0.3, 0.4) is 0 Å². The van der Waals surface area contributed by atoms with Gasteiger partial charge in [0, 0.05) is 48.4 Å². The number of H-pyrrole nitrogens is 1. The number of hydrogen-bond donors (Lipinski definition) is 3. The van der Waals surface area contributed by atoms with Crippen LogP contribution in [0.4, 0.5) is 5.69 Å². The Bertz CT molecular complexity index is 811. The first-order valence-electron chi connectivity index (χ1n) is 9.30. The molecule has 0 saturated carbocycles. The Morgan fingerprint density at radius 2 is 2.35 bits per heavy atom. The largest absolute Gasteiger partial charge is 0.348 e. The van der Waals surface area contributed by atoms with Crippen LogP contribution in [0.25, 0.3) is 11.0 Å². The van der Waals surface area contributed by atoms with Gasteiger partial charge in [-0.15, -0.1) is 11.8 Å². The van der Waals surface area contributed by atoms with Crippen LogP contribution in [0.15, 0.2) is 35.6 Å². The third kappa shape index (κ3) is 3.59. The lowest BCUT2D eigenvalue weighted by Crippen LogP contribution is -2.50. The second-order valence-corrected chi connectivity index (χ2v) is 8.06. The first-order chi connectivity index (χ1) is 12.7. The zero-order valence-corrected chi connectivity index (χ0v) is 15.8. The zero-order valence-electron chi connectivity index (χ0n) is 15.0. The van der Waals surface area contributed by atoms with Crippen LogP contribution in [0.1, 0.15) is 26.2 Å². The summed E-state index contributed by atoms with van der Waals surface area (Å²) >= 11 is 1.63. The number of piperidine rings is 1. The van der Waals surface area contributed by atoms with Gasteiger partial charge in [0.25, 0.3) is 5.91 Å². The van der Waals surface area contributed by atoms with Gasteiger partial charge in [0.15, 0.2) is 0 Å². The molecule has 0 spiro atoms. The summed E-state index contributed by atoms with van der Waals surface area (Å²) in [5.74, 6) is 0.919. The van der Waals surface area contributed by atoms with Crippen molar-refractivity contribution >= 4 is 34.4 Å². The number of nitrogens with one attached hydrogen (secondary N) is 3. The highest BCUT2D eigenvalue weighted by molar-refractivity contribution is 8.04. The molecule has 2 aliphatic heterocycles. The highest BCUT2D eigenvalue weighted by Crippen LogP contribution is 2.30. The van der Waals surface area contributed by atoms with E-state index in [-0.39, 0.29) is 11.9 Å². The lowest BCUT2D eigenvalue weighted by molar-refractivity contribution is -0.117. The summed E-state index contributed by atoms with van der Waals surface area (Å²) in [4.78, 5) is 23.2. The van der Waals surface area contributed by atoms with E-state index in [9.17, 15) is 4.79 Å². The van der Waals surface area contributed by atoms with E-state index in [0.29, 0.717) is 6.04 Å². The molecule has 4 heterocycles. The zero-order chi connectivity index (χ0) is 17.9. The Kier molecular flexibility index (Phi) is 5.17. The lowest BCUT2D eigenvalue weighted by atomic mass is 9.99. The number of aromatic nitrogens is 2. The van der Waals surface area contributed by atoms with Crippen LogP contribution in [0.2, 0.25) is 0 Å². The quantitative estimate of drug-likeness (QED) is 0.770. The van der Waals surface area contributed by atoms with E-state index in [4.69, 9.17) is 0 Å². The van der Waals surface area contributed by atoms with Crippen molar-refractivity contribution in [3.05, 3.63) is 35.6 Å². The van der Waals surface area contributed by atoms with Crippen molar-refractivity contribution in [2.45, 2.75) is 38.3 Å². The number of aromatic amines is 1. The first kappa shape index (κ1) is 17.4. The monoisotopic (exact) mass is 371 g/mol. The maximum atomic E-state index is 12.8. The number of anilines is 1. The molecule has 0 bridgehead atoms. The van der Waals surface area contributed by atoms with Crippen molar-refractivity contribution < 1.29 is 4.79 Å². The third-order valence-corrected chi connectivity index (χ3v) is 6.13. The van der Waals surface area contributed by atoms with Gasteiger partial charge in [-0.2, -0.15) is 0 Å². The number of nitrogens with zero attached hydrogens (tertiary/aromatic N) is 2. The molecule has 2 atom stereocenters. The number of carbonyl (C=O) groups is 1. The summed E-state index contributed by atoms with van der Waals surface area (Å²) in [5, 5.41) is 7.78. The average molecular weight is 372 g/mol. The molecule has 0 radical (unpaired) electrons. The molecule has 1 fully saturated rings. The van der Waals surface area contributed by atoms with Gasteiger partial charge in [0.05, 0.1) is 10.6 Å². The SMILES string of the molecule is CC(NC(=O)C1=CN(c2ccnc3[nH]ccc23)CCS1)[C@H]1CCCCN1. The number of carbonyl (C=O) groups excluding carboxylic acids is 1. The summed E-state index contributed by atoms with van der Waals surface area (Å²) < 4.78 is 0. The summed E-state index contributed by atoms with van der Waals surface area (Å²) in [6.45, 7) is 4.02. The van der Waals surface area contributed by atoms with Crippen LogP contribution in [-0.2, 0) is 4.79 Å². The molecule has 2 aromatic rings. The molecule has 1 amide bonds. The lowest BCUT2D eigenvalue weighted by Gasteiger charge is -2.31. The van der Waals surface area contributed by atoms with Crippen LogP contribution < -0.4 is 15.5 Å². The molecule has 2 aromatic heterocycles. The van der Waals surface area contributed by atoms with Crippen molar-refractivity contribution in [3.8, 4) is 0 Å². The van der Waals surface area contributed by atoms with Crippen LogP contribution in [0, 0.1) is 0 Å². The van der Waals surface area contributed by atoms with Crippen molar-refractivity contribution in [2.24, 2.45) is 0 Å². The van der Waals surface area contributed by atoms with Gasteiger partial charge in [-0.3, -0.25) is 4.79 Å². The topological polar surface area (TPSA) is 73.0 Å². The minimum atomic E-state index is 0.0268. The maximum absolute atomic E-state index is 12.8. The number of amides is 1. The molecule has 4 rings (SSSR count). The van der Waals surface area contributed by atoms with Gasteiger partial charge in [-0.25, -0.2) is 4.98 Å². The second-order valence-electron chi connectivity index (χ2n) is 6.92. The van der Waals surface area contributed by atoms with Crippen LogP contribution in [0.5, 0.6) is 0 Å². The van der Waals surface area contributed by atoms with E-state index in [0.717, 1.165) is 46.9 Å². The standard InChI is InChI=1S/C19H25N5OS/c1-13(15-4-2-3-7-20-15)23-19(25)17-12-24(10-11-26-17)16-6-9-22-18-14(16)5-8-21-18/h5-6,8-9,12-13,15,20H,2-4,7,10-11H2,1H3,(H,21,22)(H,23,25)/t13?,15-/m1/s1. The smallest absolute Gasteiger partial charge is 0.259 e. The maximum Gasteiger partial charge on any atom is 0.259 e. The van der Waals surface area contributed by atoms with Crippen LogP contribution >= 0.6 is 11.8 Å². The van der Waals surface area contributed by atoms with Gasteiger partial charge >= 0.3 is 0 Å². The molecule has 6 nitrogen and oxygen atoms in total. The Labute approximate surface area is 157 Å². The minimum absolute atomic E-state index is 0.0268. The molecule has 26 heavy (non-hydrogen) atoms. The normalized spacial score (nSPS) is 22.1. The van der Waals surface area contributed by atoms with Gasteiger partial charge in [0.1, 0.15) is 5.65 Å². The van der Waals surface area contributed by atoms with Gasteiger partial charge in [0.2, 0.25) is 0 Å². The highest BCUT2D eigenvalue weighted by Gasteiger charge is 2.24. The van der Waals surface area contributed by atoms with Gasteiger partial charge in [-0.05, 0) is 38.4 Å². The average Bonchev–Trinajstić information content (AvgIpc) is 3.17. The Morgan fingerprint density at radius 1 is 1.42 bits per heavy atom. The number of hydrogen-bond acceptors (Lipinski definition) is 5.